The fraction of sp³-hybridized carbons (Fsp3) is 0.455. The normalized spacial score (nSPS) is 17.9. The zero-order valence-electron chi connectivity index (χ0n) is 20.2. The molecule has 2 aromatic heterocycles. The summed E-state index contributed by atoms with van der Waals surface area (Å²) in [4.78, 5) is 8.33. The lowest BCUT2D eigenvalue weighted by molar-refractivity contribution is -0.0941. The zero-order valence-corrected chi connectivity index (χ0v) is 21.8. The fourth-order valence-corrected chi connectivity index (χ4v) is 5.07. The van der Waals surface area contributed by atoms with E-state index in [2.05, 4.69) is 24.9 Å². The van der Waals surface area contributed by atoms with Gasteiger partial charge in [0.25, 0.3) is 0 Å². The second-order valence-corrected chi connectivity index (χ2v) is 10.5. The van der Waals surface area contributed by atoms with Gasteiger partial charge >= 0.3 is 0 Å². The van der Waals surface area contributed by atoms with Crippen molar-refractivity contribution in [1.29, 1.82) is 0 Å². The van der Waals surface area contributed by atoms with Gasteiger partial charge in [0.05, 0.1) is 44.3 Å². The summed E-state index contributed by atoms with van der Waals surface area (Å²) in [5.41, 5.74) is 0.413. The van der Waals surface area contributed by atoms with E-state index in [1.165, 1.54) is 31.2 Å². The van der Waals surface area contributed by atoms with Crippen LogP contribution in [0.1, 0.15) is 37.5 Å². The van der Waals surface area contributed by atoms with E-state index >= 15 is 0 Å². The van der Waals surface area contributed by atoms with E-state index in [1.807, 2.05) is 0 Å². The van der Waals surface area contributed by atoms with Crippen molar-refractivity contribution in [1.82, 2.24) is 24.7 Å². The van der Waals surface area contributed by atoms with E-state index in [0.29, 0.717) is 47.1 Å². The van der Waals surface area contributed by atoms with Crippen molar-refractivity contribution < 1.29 is 27.4 Å². The summed E-state index contributed by atoms with van der Waals surface area (Å²) in [6.45, 7) is 4.32. The Labute approximate surface area is 214 Å². The molecule has 3 heterocycles. The summed E-state index contributed by atoms with van der Waals surface area (Å²) >= 11 is 5.87. The summed E-state index contributed by atoms with van der Waals surface area (Å²) in [7, 11) is -0.993. The number of aromatic nitrogens is 5. The minimum absolute atomic E-state index is 0.0574. The van der Waals surface area contributed by atoms with E-state index < -0.39 is 27.3 Å². The summed E-state index contributed by atoms with van der Waals surface area (Å²) in [5.74, 6) is 0.909. The lowest BCUT2D eigenvalue weighted by atomic mass is 10.1. The van der Waals surface area contributed by atoms with Crippen molar-refractivity contribution in [2.45, 2.75) is 31.1 Å². The minimum atomic E-state index is -4.00. The lowest BCUT2D eigenvalue weighted by Gasteiger charge is -2.25. The van der Waals surface area contributed by atoms with Crippen molar-refractivity contribution in [3.63, 3.8) is 0 Å². The van der Waals surface area contributed by atoms with Crippen LogP contribution in [-0.4, -0.2) is 72.4 Å². The molecule has 0 radical (unpaired) electrons. The SMILES string of the molecule is COc1cccc(OC)c1-n1c(NS(=O)(=O)[C@@H](C)[C@H](C)c2ncc(Cl)cn2)nnc1[C@H]1COCCO1. The smallest absolute Gasteiger partial charge is 0.243 e. The highest BCUT2D eigenvalue weighted by atomic mass is 35.5. The molecule has 0 spiro atoms. The van der Waals surface area contributed by atoms with Crippen LogP contribution in [-0.2, 0) is 19.5 Å². The number of hydrogen-bond donors (Lipinski definition) is 1. The third kappa shape index (κ3) is 5.24. The molecule has 4 rings (SSSR count). The van der Waals surface area contributed by atoms with Crippen LogP contribution in [0.2, 0.25) is 5.02 Å². The summed E-state index contributed by atoms with van der Waals surface area (Å²) in [6.07, 6.45) is 2.27. The van der Waals surface area contributed by atoms with Crippen molar-refractivity contribution in [3.05, 3.63) is 47.3 Å². The number of halogens is 1. The predicted octanol–water partition coefficient (Wildman–Crippen LogP) is 2.75. The second-order valence-electron chi connectivity index (χ2n) is 8.06. The van der Waals surface area contributed by atoms with Crippen LogP contribution in [0, 0.1) is 0 Å². The van der Waals surface area contributed by atoms with Crippen LogP contribution in [0.4, 0.5) is 5.95 Å². The van der Waals surface area contributed by atoms with Crippen LogP contribution in [0.3, 0.4) is 0 Å². The van der Waals surface area contributed by atoms with E-state index in [0.717, 1.165) is 0 Å². The number of nitrogens with one attached hydrogen (secondary N) is 1. The highest BCUT2D eigenvalue weighted by Gasteiger charge is 2.34. The maximum absolute atomic E-state index is 13.5. The van der Waals surface area contributed by atoms with E-state index in [1.54, 1.807) is 32.0 Å². The first-order chi connectivity index (χ1) is 17.3. The minimum Gasteiger partial charge on any atom is -0.494 e. The number of nitrogens with zero attached hydrogens (tertiary/aromatic N) is 5. The number of benzene rings is 1. The number of sulfonamides is 1. The average molecular weight is 539 g/mol. The van der Waals surface area contributed by atoms with Gasteiger partial charge in [0.2, 0.25) is 16.0 Å². The maximum atomic E-state index is 13.5. The molecule has 3 aromatic rings. The fourth-order valence-electron chi connectivity index (χ4n) is 3.74. The molecule has 14 heteroatoms. The third-order valence-corrected chi connectivity index (χ3v) is 7.94. The average Bonchev–Trinajstić information content (AvgIpc) is 3.30. The van der Waals surface area contributed by atoms with Gasteiger partial charge in [-0.2, -0.15) is 0 Å². The van der Waals surface area contributed by atoms with Crippen LogP contribution in [0.15, 0.2) is 30.6 Å². The number of methoxy groups -OCH3 is 2. The van der Waals surface area contributed by atoms with E-state index in [-0.39, 0.29) is 12.6 Å². The Morgan fingerprint density at radius 1 is 1.11 bits per heavy atom. The largest absolute Gasteiger partial charge is 0.494 e. The molecule has 0 amide bonds. The number of hydrogen-bond acceptors (Lipinski definition) is 10. The molecule has 1 aromatic carbocycles. The molecule has 194 valence electrons. The van der Waals surface area contributed by atoms with E-state index in [9.17, 15) is 8.42 Å². The van der Waals surface area contributed by atoms with Gasteiger partial charge in [0.1, 0.15) is 29.1 Å². The molecule has 12 nitrogen and oxygen atoms in total. The first kappa shape index (κ1) is 26.1. The Balaban J connectivity index is 1.77. The van der Waals surface area contributed by atoms with Gasteiger partial charge in [0, 0.05) is 18.3 Å². The van der Waals surface area contributed by atoms with Gasteiger partial charge in [-0.3, -0.25) is 9.29 Å². The zero-order chi connectivity index (χ0) is 25.9. The van der Waals surface area contributed by atoms with Gasteiger partial charge in [-0.1, -0.05) is 24.6 Å². The quantitative estimate of drug-likeness (QED) is 0.432. The molecule has 1 saturated heterocycles. The topological polar surface area (TPSA) is 140 Å². The van der Waals surface area contributed by atoms with Gasteiger partial charge in [-0.25, -0.2) is 18.4 Å². The number of rotatable bonds is 9. The van der Waals surface area contributed by atoms with E-state index in [4.69, 9.17) is 30.5 Å². The number of ether oxygens (including phenoxy) is 4. The van der Waals surface area contributed by atoms with Crippen molar-refractivity contribution in [2.75, 3.05) is 38.8 Å². The van der Waals surface area contributed by atoms with Gasteiger partial charge in [-0.15, -0.1) is 10.2 Å². The third-order valence-electron chi connectivity index (χ3n) is 5.89. The molecule has 1 aliphatic heterocycles. The first-order valence-electron chi connectivity index (χ1n) is 11.1. The van der Waals surface area contributed by atoms with Crippen LogP contribution >= 0.6 is 11.6 Å². The molecule has 3 atom stereocenters. The molecule has 0 aliphatic carbocycles. The van der Waals surface area contributed by atoms with Crippen LogP contribution < -0.4 is 14.2 Å². The molecule has 1 fully saturated rings. The van der Waals surface area contributed by atoms with Crippen molar-refractivity contribution in [3.8, 4) is 17.2 Å². The number of para-hydroxylation sites is 1. The predicted molar refractivity (Wildman–Crippen MR) is 131 cm³/mol. The van der Waals surface area contributed by atoms with Gasteiger partial charge < -0.3 is 18.9 Å². The molecular formula is C22H27ClN6O6S. The maximum Gasteiger partial charge on any atom is 0.243 e. The van der Waals surface area contributed by atoms with Crippen molar-refractivity contribution in [2.24, 2.45) is 0 Å². The van der Waals surface area contributed by atoms with Gasteiger partial charge in [-0.05, 0) is 19.1 Å². The van der Waals surface area contributed by atoms with Crippen molar-refractivity contribution >= 4 is 27.6 Å². The summed E-state index contributed by atoms with van der Waals surface area (Å²) in [6, 6.07) is 5.20. The molecule has 1 aliphatic rings. The van der Waals surface area contributed by atoms with Crippen LogP contribution in [0.25, 0.3) is 5.69 Å². The van der Waals surface area contributed by atoms with Crippen LogP contribution in [0.5, 0.6) is 11.5 Å². The Kier molecular flexibility index (Phi) is 7.93. The monoisotopic (exact) mass is 538 g/mol. The molecule has 1 N–H and O–H groups in total. The molecule has 0 saturated carbocycles. The van der Waals surface area contributed by atoms with Gasteiger partial charge in [0.15, 0.2) is 5.82 Å². The molecular weight excluding hydrogens is 512 g/mol. The Hall–Kier alpha value is -3.00. The molecule has 0 unspecified atom stereocenters. The lowest BCUT2D eigenvalue weighted by Crippen LogP contribution is -2.32. The highest BCUT2D eigenvalue weighted by molar-refractivity contribution is 7.93. The Morgan fingerprint density at radius 2 is 1.78 bits per heavy atom. The number of anilines is 1. The molecule has 0 bridgehead atoms. The summed E-state index contributed by atoms with van der Waals surface area (Å²) in [5, 5.41) is 7.84. The standard InChI is InChI=1S/C22H27ClN6O6S/c1-13(20-24-10-15(23)11-25-20)14(2)36(30,31)28-22-27-26-21(18-12-34-8-9-35-18)29(22)19-16(32-3)6-5-7-17(19)33-4/h5-7,10-11,13-14,18H,8-9,12H2,1-4H3,(H,27,28)/t13-,14-,18+/m0/s1. The Morgan fingerprint density at radius 3 is 2.36 bits per heavy atom. The second kappa shape index (κ2) is 10.9. The Bertz CT molecular complexity index is 1270. The summed E-state index contributed by atoms with van der Waals surface area (Å²) < 4.78 is 53.5. The highest BCUT2D eigenvalue weighted by Crippen LogP contribution is 2.37. The first-order valence-corrected chi connectivity index (χ1v) is 13.0. The molecule has 36 heavy (non-hydrogen) atoms.